The molecule has 6 nitrogen and oxygen atoms in total. The highest BCUT2D eigenvalue weighted by molar-refractivity contribution is 14.0. The first-order chi connectivity index (χ1) is 13.6. The highest BCUT2D eigenvalue weighted by Crippen LogP contribution is 2.18. The molecule has 0 bridgehead atoms. The average molecular weight is 508 g/mol. The molecule has 0 spiro atoms. The molecular formula is C22H29IN4O2. The summed E-state index contributed by atoms with van der Waals surface area (Å²) in [6, 6.07) is 16.5. The third-order valence-corrected chi connectivity index (χ3v) is 4.47. The topological polar surface area (TPSA) is 74.8 Å². The van der Waals surface area contributed by atoms with Crippen molar-refractivity contribution in [2.45, 2.75) is 38.9 Å². The first kappa shape index (κ1) is 23.0. The second-order valence-electron chi connectivity index (χ2n) is 7.04. The number of carbonyl (C=O) groups is 1. The molecule has 0 radical (unpaired) electrons. The lowest BCUT2D eigenvalue weighted by molar-refractivity contribution is -0.123. The SMILES string of the molecule is CN=C(NCc1ccc(C)cc1)NCc1cccc(OCC(=O)NC2CC2)c1.I. The molecular weight excluding hydrogens is 479 g/mol. The van der Waals surface area contributed by atoms with Crippen molar-refractivity contribution in [1.82, 2.24) is 16.0 Å². The van der Waals surface area contributed by atoms with E-state index in [9.17, 15) is 4.79 Å². The van der Waals surface area contributed by atoms with Gasteiger partial charge < -0.3 is 20.7 Å². The molecule has 2 aromatic rings. The molecule has 0 heterocycles. The molecule has 2 aromatic carbocycles. The molecule has 0 aromatic heterocycles. The van der Waals surface area contributed by atoms with Gasteiger partial charge in [0.25, 0.3) is 5.91 Å². The van der Waals surface area contributed by atoms with Crippen LogP contribution in [0.25, 0.3) is 0 Å². The molecule has 7 heteroatoms. The van der Waals surface area contributed by atoms with E-state index in [1.807, 2.05) is 24.3 Å². The van der Waals surface area contributed by atoms with Crippen LogP contribution in [0.2, 0.25) is 0 Å². The Kier molecular flexibility index (Phi) is 9.24. The average Bonchev–Trinajstić information content (AvgIpc) is 3.52. The molecule has 1 aliphatic rings. The van der Waals surface area contributed by atoms with Gasteiger partial charge in [-0.05, 0) is 43.0 Å². The van der Waals surface area contributed by atoms with Gasteiger partial charge in [-0.15, -0.1) is 24.0 Å². The molecule has 0 saturated heterocycles. The Morgan fingerprint density at radius 3 is 2.41 bits per heavy atom. The van der Waals surface area contributed by atoms with Crippen LogP contribution < -0.4 is 20.7 Å². The van der Waals surface area contributed by atoms with Crippen molar-refractivity contribution in [2.75, 3.05) is 13.7 Å². The monoisotopic (exact) mass is 508 g/mol. The minimum atomic E-state index is -0.0632. The predicted molar refractivity (Wildman–Crippen MR) is 127 cm³/mol. The van der Waals surface area contributed by atoms with Crippen LogP contribution in [0.5, 0.6) is 5.75 Å². The lowest BCUT2D eigenvalue weighted by atomic mass is 10.1. The van der Waals surface area contributed by atoms with Crippen LogP contribution in [0.1, 0.15) is 29.5 Å². The van der Waals surface area contributed by atoms with E-state index in [1.54, 1.807) is 7.05 Å². The van der Waals surface area contributed by atoms with Crippen LogP contribution in [0.3, 0.4) is 0 Å². The van der Waals surface area contributed by atoms with Crippen LogP contribution in [0, 0.1) is 6.92 Å². The van der Waals surface area contributed by atoms with Crippen molar-refractivity contribution in [2.24, 2.45) is 4.99 Å². The summed E-state index contributed by atoms with van der Waals surface area (Å²) in [5, 5.41) is 9.52. The predicted octanol–water partition coefficient (Wildman–Crippen LogP) is 3.14. The third-order valence-electron chi connectivity index (χ3n) is 4.47. The Labute approximate surface area is 189 Å². The van der Waals surface area contributed by atoms with E-state index >= 15 is 0 Å². The summed E-state index contributed by atoms with van der Waals surface area (Å²) >= 11 is 0. The number of benzene rings is 2. The van der Waals surface area contributed by atoms with Crippen molar-refractivity contribution in [1.29, 1.82) is 0 Å². The normalized spacial score (nSPS) is 13.2. The second kappa shape index (κ2) is 11.6. The first-order valence-corrected chi connectivity index (χ1v) is 9.63. The maximum absolute atomic E-state index is 11.7. The fraction of sp³-hybridized carbons (Fsp3) is 0.364. The van der Waals surface area contributed by atoms with Gasteiger partial charge in [-0.25, -0.2) is 0 Å². The molecule has 1 saturated carbocycles. The van der Waals surface area contributed by atoms with Gasteiger partial charge in [0.1, 0.15) is 5.75 Å². The van der Waals surface area contributed by atoms with Crippen molar-refractivity contribution >= 4 is 35.8 Å². The summed E-state index contributed by atoms with van der Waals surface area (Å²) in [5.74, 6) is 1.36. The highest BCUT2D eigenvalue weighted by atomic mass is 127. The van der Waals surface area contributed by atoms with E-state index < -0.39 is 0 Å². The summed E-state index contributed by atoms with van der Waals surface area (Å²) in [7, 11) is 1.75. The number of nitrogens with zero attached hydrogens (tertiary/aromatic N) is 1. The number of guanidine groups is 1. The molecule has 0 atom stereocenters. The molecule has 1 aliphatic carbocycles. The number of hydrogen-bond acceptors (Lipinski definition) is 3. The van der Waals surface area contributed by atoms with Crippen LogP contribution in [-0.4, -0.2) is 31.6 Å². The maximum Gasteiger partial charge on any atom is 0.258 e. The van der Waals surface area contributed by atoms with Gasteiger partial charge in [-0.3, -0.25) is 9.79 Å². The first-order valence-electron chi connectivity index (χ1n) is 9.63. The smallest absolute Gasteiger partial charge is 0.258 e. The molecule has 156 valence electrons. The molecule has 29 heavy (non-hydrogen) atoms. The quantitative estimate of drug-likeness (QED) is 0.291. The van der Waals surface area contributed by atoms with E-state index in [4.69, 9.17) is 4.74 Å². The van der Waals surface area contributed by atoms with Crippen molar-refractivity contribution in [3.05, 3.63) is 65.2 Å². The van der Waals surface area contributed by atoms with Gasteiger partial charge in [0.15, 0.2) is 12.6 Å². The lowest BCUT2D eigenvalue weighted by Gasteiger charge is -2.13. The Balaban J connectivity index is 0.00000300. The number of ether oxygens (including phenoxy) is 1. The number of hydrogen-bond donors (Lipinski definition) is 3. The van der Waals surface area contributed by atoms with Crippen LogP contribution in [0.15, 0.2) is 53.5 Å². The summed E-state index contributed by atoms with van der Waals surface area (Å²) < 4.78 is 5.60. The number of aliphatic imine (C=N–C) groups is 1. The minimum absolute atomic E-state index is 0. The number of rotatable bonds is 8. The van der Waals surface area contributed by atoms with Gasteiger partial charge in [0.2, 0.25) is 0 Å². The van der Waals surface area contributed by atoms with Crippen molar-refractivity contribution in [3.63, 3.8) is 0 Å². The van der Waals surface area contributed by atoms with Crippen molar-refractivity contribution < 1.29 is 9.53 Å². The number of aryl methyl sites for hydroxylation is 1. The Hall–Kier alpha value is -2.29. The molecule has 0 unspecified atom stereocenters. The molecule has 1 fully saturated rings. The summed E-state index contributed by atoms with van der Waals surface area (Å²) in [5.41, 5.74) is 3.50. The van der Waals surface area contributed by atoms with Gasteiger partial charge in [-0.1, -0.05) is 42.0 Å². The van der Waals surface area contributed by atoms with E-state index in [0.29, 0.717) is 24.9 Å². The highest BCUT2D eigenvalue weighted by Gasteiger charge is 2.23. The number of halogens is 1. The Bertz CT molecular complexity index is 820. The fourth-order valence-electron chi connectivity index (χ4n) is 2.69. The zero-order chi connectivity index (χ0) is 19.8. The van der Waals surface area contributed by atoms with E-state index in [1.165, 1.54) is 11.1 Å². The third kappa shape index (κ3) is 8.31. The molecule has 3 rings (SSSR count). The number of carbonyl (C=O) groups excluding carboxylic acids is 1. The van der Waals surface area contributed by atoms with Crippen LogP contribution >= 0.6 is 24.0 Å². The second-order valence-corrected chi connectivity index (χ2v) is 7.04. The van der Waals surface area contributed by atoms with Gasteiger partial charge >= 0.3 is 0 Å². The molecule has 1 amide bonds. The maximum atomic E-state index is 11.7. The number of nitrogens with one attached hydrogen (secondary N) is 3. The summed E-state index contributed by atoms with van der Waals surface area (Å²) in [4.78, 5) is 16.0. The molecule has 3 N–H and O–H groups in total. The van der Waals surface area contributed by atoms with E-state index in [0.717, 1.165) is 24.4 Å². The molecule has 0 aliphatic heterocycles. The Morgan fingerprint density at radius 2 is 1.76 bits per heavy atom. The lowest BCUT2D eigenvalue weighted by Crippen LogP contribution is -2.36. The summed E-state index contributed by atoms with van der Waals surface area (Å²) in [6.45, 7) is 3.44. The van der Waals surface area contributed by atoms with Crippen molar-refractivity contribution in [3.8, 4) is 5.75 Å². The Morgan fingerprint density at radius 1 is 1.07 bits per heavy atom. The minimum Gasteiger partial charge on any atom is -0.484 e. The summed E-state index contributed by atoms with van der Waals surface area (Å²) in [6.07, 6.45) is 2.15. The number of amides is 1. The van der Waals surface area contributed by atoms with E-state index in [2.05, 4.69) is 52.1 Å². The largest absolute Gasteiger partial charge is 0.484 e. The zero-order valence-electron chi connectivity index (χ0n) is 16.9. The van der Waals surface area contributed by atoms with Gasteiger partial charge in [0.05, 0.1) is 0 Å². The fourth-order valence-corrected chi connectivity index (χ4v) is 2.69. The van der Waals surface area contributed by atoms with E-state index in [-0.39, 0.29) is 36.5 Å². The van der Waals surface area contributed by atoms with Gasteiger partial charge in [-0.2, -0.15) is 0 Å². The standard InChI is InChI=1S/C22H28N4O2.HI/c1-16-6-8-17(9-7-16)13-24-22(23-2)25-14-18-4-3-5-20(12-18)28-15-21(27)26-19-10-11-19;/h3-9,12,19H,10-11,13-15H2,1-2H3,(H,26,27)(H2,23,24,25);1H. The van der Waals surface area contributed by atoms with Crippen LogP contribution in [-0.2, 0) is 17.9 Å². The van der Waals surface area contributed by atoms with Crippen LogP contribution in [0.4, 0.5) is 0 Å². The van der Waals surface area contributed by atoms with Gasteiger partial charge in [0, 0.05) is 26.2 Å². The zero-order valence-corrected chi connectivity index (χ0v) is 19.2.